The summed E-state index contributed by atoms with van der Waals surface area (Å²) in [6.07, 6.45) is 5.83. The molecule has 1 aromatic heterocycles. The Morgan fingerprint density at radius 1 is 1.52 bits per heavy atom. The van der Waals surface area contributed by atoms with Gasteiger partial charge in [-0.1, -0.05) is 6.92 Å². The van der Waals surface area contributed by atoms with Crippen molar-refractivity contribution in [1.82, 2.24) is 10.2 Å². The Morgan fingerprint density at radius 3 is 2.91 bits per heavy atom. The van der Waals surface area contributed by atoms with Gasteiger partial charge in [-0.3, -0.25) is 9.69 Å². The van der Waals surface area contributed by atoms with Gasteiger partial charge in [-0.25, -0.2) is 0 Å². The summed E-state index contributed by atoms with van der Waals surface area (Å²) in [5.41, 5.74) is -0.722. The largest absolute Gasteiger partial charge is 0.468 e. The van der Waals surface area contributed by atoms with Crippen molar-refractivity contribution in [3.8, 4) is 6.07 Å². The molecular formula is C18H25N3O2. The highest BCUT2D eigenvalue weighted by molar-refractivity contribution is 5.79. The normalized spacial score (nSPS) is 27.9. The van der Waals surface area contributed by atoms with E-state index in [-0.39, 0.29) is 11.9 Å². The molecule has 0 bridgehead atoms. The van der Waals surface area contributed by atoms with Gasteiger partial charge in [0.15, 0.2) is 0 Å². The molecule has 0 spiro atoms. The highest BCUT2D eigenvalue weighted by atomic mass is 16.3. The number of rotatable bonds is 5. The number of carbonyl (C=O) groups excluding carboxylic acids is 1. The van der Waals surface area contributed by atoms with Gasteiger partial charge in [0.25, 0.3) is 0 Å². The zero-order chi connectivity index (χ0) is 16.4. The van der Waals surface area contributed by atoms with E-state index in [0.717, 1.165) is 38.0 Å². The average molecular weight is 315 g/mol. The summed E-state index contributed by atoms with van der Waals surface area (Å²) in [5.74, 6) is 1.79. The fourth-order valence-corrected chi connectivity index (χ4v) is 3.55. The zero-order valence-corrected chi connectivity index (χ0v) is 13.9. The Morgan fingerprint density at radius 2 is 2.30 bits per heavy atom. The highest BCUT2D eigenvalue weighted by Crippen LogP contribution is 2.39. The van der Waals surface area contributed by atoms with Crippen LogP contribution in [0.5, 0.6) is 0 Å². The molecule has 1 aliphatic carbocycles. The Kier molecular flexibility index (Phi) is 4.45. The number of hydrogen-bond acceptors (Lipinski definition) is 4. The van der Waals surface area contributed by atoms with E-state index in [1.165, 1.54) is 0 Å². The minimum Gasteiger partial charge on any atom is -0.468 e. The quantitative estimate of drug-likeness (QED) is 0.907. The van der Waals surface area contributed by atoms with Gasteiger partial charge in [-0.05, 0) is 63.1 Å². The van der Waals surface area contributed by atoms with E-state index < -0.39 is 5.54 Å². The third-order valence-electron chi connectivity index (χ3n) is 5.22. The van der Waals surface area contributed by atoms with Crippen LogP contribution in [-0.2, 0) is 4.79 Å². The second-order valence-corrected chi connectivity index (χ2v) is 7.27. The topological polar surface area (TPSA) is 69.3 Å². The lowest BCUT2D eigenvalue weighted by Gasteiger charge is -2.37. The van der Waals surface area contributed by atoms with Crippen molar-refractivity contribution in [3.05, 3.63) is 24.2 Å². The van der Waals surface area contributed by atoms with Crippen LogP contribution >= 0.6 is 0 Å². The third kappa shape index (κ3) is 3.59. The first-order chi connectivity index (χ1) is 11.0. The van der Waals surface area contributed by atoms with Gasteiger partial charge >= 0.3 is 0 Å². The van der Waals surface area contributed by atoms with Crippen LogP contribution in [0.3, 0.4) is 0 Å². The van der Waals surface area contributed by atoms with Gasteiger partial charge in [0.05, 0.1) is 24.9 Å². The lowest BCUT2D eigenvalue weighted by molar-refractivity contribution is -0.125. The molecule has 5 nitrogen and oxygen atoms in total. The first-order valence-corrected chi connectivity index (χ1v) is 8.51. The van der Waals surface area contributed by atoms with E-state index in [1.807, 2.05) is 19.1 Å². The predicted octanol–water partition coefficient (Wildman–Crippen LogP) is 2.86. The van der Waals surface area contributed by atoms with Gasteiger partial charge in [0, 0.05) is 0 Å². The SMILES string of the molecule is C[C@@H]1CCN(CC(=O)N[C@@](C)(C#N)C2CC2)[C@@H](c2ccco2)C1. The molecule has 0 radical (unpaired) electrons. The summed E-state index contributed by atoms with van der Waals surface area (Å²) in [6.45, 7) is 5.28. The van der Waals surface area contributed by atoms with Crippen LogP contribution in [0.15, 0.2) is 22.8 Å². The van der Waals surface area contributed by atoms with E-state index in [1.54, 1.807) is 6.26 Å². The van der Waals surface area contributed by atoms with Gasteiger partial charge in [0.1, 0.15) is 11.3 Å². The van der Waals surface area contributed by atoms with Crippen molar-refractivity contribution < 1.29 is 9.21 Å². The number of nitrogens with one attached hydrogen (secondary N) is 1. The van der Waals surface area contributed by atoms with Crippen molar-refractivity contribution in [2.45, 2.75) is 51.1 Å². The van der Waals surface area contributed by atoms with Gasteiger partial charge in [0.2, 0.25) is 5.91 Å². The van der Waals surface area contributed by atoms with Crippen LogP contribution in [0.1, 0.15) is 51.3 Å². The molecule has 2 fully saturated rings. The van der Waals surface area contributed by atoms with Gasteiger partial charge < -0.3 is 9.73 Å². The van der Waals surface area contributed by atoms with E-state index in [9.17, 15) is 10.1 Å². The molecule has 0 aromatic carbocycles. The first-order valence-electron chi connectivity index (χ1n) is 8.51. The molecular weight excluding hydrogens is 290 g/mol. The van der Waals surface area contributed by atoms with E-state index in [0.29, 0.717) is 18.4 Å². The fraction of sp³-hybridized carbons (Fsp3) is 0.667. The summed E-state index contributed by atoms with van der Waals surface area (Å²) >= 11 is 0. The molecule has 1 saturated heterocycles. The maximum absolute atomic E-state index is 12.5. The Hall–Kier alpha value is -1.80. The predicted molar refractivity (Wildman–Crippen MR) is 86.3 cm³/mol. The number of nitrogens with zero attached hydrogens (tertiary/aromatic N) is 2. The number of hydrogen-bond donors (Lipinski definition) is 1. The number of amides is 1. The summed E-state index contributed by atoms with van der Waals surface area (Å²) in [7, 11) is 0. The van der Waals surface area contributed by atoms with Gasteiger partial charge in [-0.15, -0.1) is 0 Å². The van der Waals surface area contributed by atoms with E-state index >= 15 is 0 Å². The smallest absolute Gasteiger partial charge is 0.235 e. The lowest BCUT2D eigenvalue weighted by Crippen LogP contribution is -2.51. The molecule has 0 unspecified atom stereocenters. The minimum absolute atomic E-state index is 0.0629. The third-order valence-corrected chi connectivity index (χ3v) is 5.22. The molecule has 23 heavy (non-hydrogen) atoms. The lowest BCUT2D eigenvalue weighted by atomic mass is 9.91. The molecule has 1 aromatic rings. The van der Waals surface area contributed by atoms with E-state index in [4.69, 9.17) is 4.42 Å². The number of carbonyl (C=O) groups is 1. The number of likely N-dealkylation sites (tertiary alicyclic amines) is 1. The Bertz CT molecular complexity index is 588. The molecule has 5 heteroatoms. The maximum Gasteiger partial charge on any atom is 0.235 e. The summed E-state index contributed by atoms with van der Waals surface area (Å²) in [5, 5.41) is 12.4. The average Bonchev–Trinajstić information content (AvgIpc) is 3.25. The number of nitriles is 1. The minimum atomic E-state index is -0.722. The molecule has 124 valence electrons. The van der Waals surface area contributed by atoms with Crippen molar-refractivity contribution in [3.63, 3.8) is 0 Å². The molecule has 3 rings (SSSR count). The maximum atomic E-state index is 12.5. The molecule has 1 amide bonds. The zero-order valence-electron chi connectivity index (χ0n) is 13.9. The van der Waals surface area contributed by atoms with Crippen molar-refractivity contribution in [1.29, 1.82) is 5.26 Å². The fourth-order valence-electron chi connectivity index (χ4n) is 3.55. The van der Waals surface area contributed by atoms with Crippen molar-refractivity contribution >= 4 is 5.91 Å². The monoisotopic (exact) mass is 315 g/mol. The van der Waals surface area contributed by atoms with Crippen LogP contribution in [0.25, 0.3) is 0 Å². The summed E-state index contributed by atoms with van der Waals surface area (Å²) in [6, 6.07) is 6.31. The molecule has 2 aliphatic rings. The second-order valence-electron chi connectivity index (χ2n) is 7.27. The Balaban J connectivity index is 1.65. The highest BCUT2D eigenvalue weighted by Gasteiger charge is 2.43. The van der Waals surface area contributed by atoms with Crippen molar-refractivity contribution in [2.75, 3.05) is 13.1 Å². The molecule has 2 heterocycles. The van der Waals surface area contributed by atoms with Crippen LogP contribution in [0.2, 0.25) is 0 Å². The Labute approximate surface area is 137 Å². The number of furan rings is 1. The molecule has 3 atom stereocenters. The van der Waals surface area contributed by atoms with Crippen LogP contribution in [0, 0.1) is 23.2 Å². The summed E-state index contributed by atoms with van der Waals surface area (Å²) < 4.78 is 5.58. The number of piperidine rings is 1. The first kappa shape index (κ1) is 16.1. The summed E-state index contributed by atoms with van der Waals surface area (Å²) in [4.78, 5) is 14.7. The molecule has 1 saturated carbocycles. The van der Waals surface area contributed by atoms with Crippen LogP contribution in [0.4, 0.5) is 0 Å². The standard InChI is InChI=1S/C18H25N3O2/c1-13-7-8-21(15(10-13)16-4-3-9-23-16)11-17(22)20-18(2,12-19)14-5-6-14/h3-4,9,13-15H,5-8,10-11H2,1-2H3,(H,20,22)/t13-,15-,18+/m1/s1. The van der Waals surface area contributed by atoms with Crippen LogP contribution < -0.4 is 5.32 Å². The van der Waals surface area contributed by atoms with Crippen molar-refractivity contribution in [2.24, 2.45) is 11.8 Å². The molecule has 1 aliphatic heterocycles. The van der Waals surface area contributed by atoms with Gasteiger partial charge in [-0.2, -0.15) is 5.26 Å². The molecule has 1 N–H and O–H groups in total. The van der Waals surface area contributed by atoms with Crippen LogP contribution in [-0.4, -0.2) is 29.4 Å². The van der Waals surface area contributed by atoms with E-state index in [2.05, 4.69) is 23.2 Å². The second kappa shape index (κ2) is 6.37.